The summed E-state index contributed by atoms with van der Waals surface area (Å²) in [6, 6.07) is 1.37. The van der Waals surface area contributed by atoms with Crippen molar-refractivity contribution in [3.63, 3.8) is 0 Å². The van der Waals surface area contributed by atoms with Gasteiger partial charge in [0.2, 0.25) is 0 Å². The molecule has 1 N–H and O–H groups in total. The number of hydrogen-bond donors (Lipinski definition) is 1. The summed E-state index contributed by atoms with van der Waals surface area (Å²) in [6.07, 6.45) is 6.50. The molecule has 1 saturated heterocycles. The lowest BCUT2D eigenvalue weighted by Gasteiger charge is -2.34. The van der Waals surface area contributed by atoms with Crippen LogP contribution in [-0.2, 0) is 4.74 Å². The van der Waals surface area contributed by atoms with Crippen LogP contribution in [0.3, 0.4) is 0 Å². The maximum atomic E-state index is 9.98. The predicted molar refractivity (Wildman–Crippen MR) is 69.0 cm³/mol. The van der Waals surface area contributed by atoms with Gasteiger partial charge in [-0.05, 0) is 39.0 Å². The Bertz CT molecular complexity index is 234. The summed E-state index contributed by atoms with van der Waals surface area (Å²) in [5.74, 6) is 0.887. The van der Waals surface area contributed by atoms with Crippen molar-refractivity contribution >= 4 is 0 Å². The minimum atomic E-state index is -0.321. The molecule has 1 saturated carbocycles. The van der Waals surface area contributed by atoms with Gasteiger partial charge in [-0.3, -0.25) is 4.90 Å². The normalized spacial score (nSPS) is 35.8. The molecule has 0 bridgehead atoms. The van der Waals surface area contributed by atoms with Crippen LogP contribution >= 0.6 is 0 Å². The van der Waals surface area contributed by atoms with Gasteiger partial charge in [-0.1, -0.05) is 12.8 Å². The summed E-state index contributed by atoms with van der Waals surface area (Å²) in [5, 5.41) is 9.98. The molecule has 1 aliphatic heterocycles. The molecule has 100 valence electrons. The molecule has 3 heteroatoms. The number of ether oxygens (including phenoxy) is 1. The van der Waals surface area contributed by atoms with Crippen LogP contribution in [0, 0.1) is 5.92 Å². The highest BCUT2D eigenvalue weighted by molar-refractivity contribution is 4.94. The first-order valence-corrected chi connectivity index (χ1v) is 7.24. The maximum Gasteiger partial charge on any atom is 0.0900 e. The molecule has 0 unspecified atom stereocenters. The predicted octanol–water partition coefficient (Wildman–Crippen LogP) is 2.04. The molecule has 0 aromatic carbocycles. The Hall–Kier alpha value is -0.120. The fourth-order valence-corrected chi connectivity index (χ4v) is 3.67. The van der Waals surface area contributed by atoms with E-state index in [-0.39, 0.29) is 6.10 Å². The lowest BCUT2D eigenvalue weighted by atomic mass is 9.85. The Kier molecular flexibility index (Phi) is 4.83. The molecular weight excluding hydrogens is 214 g/mol. The zero-order valence-electron chi connectivity index (χ0n) is 11.3. The number of likely N-dealkylation sites (tertiary alicyclic amines) is 1. The monoisotopic (exact) mass is 241 g/mol. The van der Waals surface area contributed by atoms with Crippen LogP contribution in [0.25, 0.3) is 0 Å². The summed E-state index contributed by atoms with van der Waals surface area (Å²) >= 11 is 0. The van der Waals surface area contributed by atoms with Crippen LogP contribution in [0.15, 0.2) is 0 Å². The van der Waals surface area contributed by atoms with Crippen molar-refractivity contribution in [3.8, 4) is 0 Å². The van der Waals surface area contributed by atoms with Gasteiger partial charge in [0.25, 0.3) is 0 Å². The van der Waals surface area contributed by atoms with Crippen molar-refractivity contribution in [1.29, 1.82) is 0 Å². The molecular formula is C14H27NO2. The van der Waals surface area contributed by atoms with E-state index in [4.69, 9.17) is 4.74 Å². The fraction of sp³-hybridized carbons (Fsp3) is 1.00. The molecule has 0 spiro atoms. The van der Waals surface area contributed by atoms with E-state index in [1.807, 2.05) is 6.92 Å². The van der Waals surface area contributed by atoms with Gasteiger partial charge in [0, 0.05) is 25.2 Å². The van der Waals surface area contributed by atoms with Crippen molar-refractivity contribution < 1.29 is 9.84 Å². The van der Waals surface area contributed by atoms with Crippen molar-refractivity contribution in [2.75, 3.05) is 19.8 Å². The van der Waals surface area contributed by atoms with Gasteiger partial charge in [0.1, 0.15) is 0 Å². The highest BCUT2D eigenvalue weighted by Crippen LogP contribution is 2.39. The average Bonchev–Trinajstić information content (AvgIpc) is 2.64. The Labute approximate surface area is 105 Å². The highest BCUT2D eigenvalue weighted by atomic mass is 16.5. The SMILES string of the molecule is CCOC[C@H](O)CN1[C@H](C)C[C@H]2CCCC[C@H]21. The first kappa shape index (κ1) is 13.3. The van der Waals surface area contributed by atoms with Gasteiger partial charge in [0.05, 0.1) is 12.7 Å². The van der Waals surface area contributed by atoms with Crippen LogP contribution in [0.4, 0.5) is 0 Å². The lowest BCUT2D eigenvalue weighted by Crippen LogP contribution is -2.43. The zero-order valence-corrected chi connectivity index (χ0v) is 11.3. The summed E-state index contributed by atoms with van der Waals surface area (Å²) in [4.78, 5) is 2.54. The molecule has 0 aromatic rings. The van der Waals surface area contributed by atoms with Crippen LogP contribution in [0.5, 0.6) is 0 Å². The minimum absolute atomic E-state index is 0.321. The molecule has 0 amide bonds. The van der Waals surface area contributed by atoms with E-state index >= 15 is 0 Å². The Morgan fingerprint density at radius 3 is 2.88 bits per heavy atom. The van der Waals surface area contributed by atoms with E-state index in [0.717, 1.165) is 18.5 Å². The second-order valence-corrected chi connectivity index (χ2v) is 5.71. The van der Waals surface area contributed by atoms with E-state index in [1.165, 1.54) is 32.1 Å². The fourth-order valence-electron chi connectivity index (χ4n) is 3.67. The van der Waals surface area contributed by atoms with Gasteiger partial charge in [-0.15, -0.1) is 0 Å². The van der Waals surface area contributed by atoms with Gasteiger partial charge < -0.3 is 9.84 Å². The van der Waals surface area contributed by atoms with Crippen LogP contribution in [0.1, 0.15) is 46.0 Å². The second-order valence-electron chi connectivity index (χ2n) is 5.71. The van der Waals surface area contributed by atoms with E-state index in [2.05, 4.69) is 11.8 Å². The molecule has 1 aliphatic carbocycles. The highest BCUT2D eigenvalue weighted by Gasteiger charge is 2.40. The van der Waals surface area contributed by atoms with Crippen molar-refractivity contribution in [2.45, 2.75) is 64.1 Å². The summed E-state index contributed by atoms with van der Waals surface area (Å²) in [7, 11) is 0. The third-order valence-electron chi connectivity index (χ3n) is 4.44. The number of β-amino-alcohol motifs (C(OH)–C–C–N with tert-alkyl or cyclic N) is 1. The number of rotatable bonds is 5. The van der Waals surface area contributed by atoms with Crippen molar-refractivity contribution in [3.05, 3.63) is 0 Å². The molecule has 3 nitrogen and oxygen atoms in total. The van der Waals surface area contributed by atoms with E-state index in [1.54, 1.807) is 0 Å². The Morgan fingerprint density at radius 1 is 1.35 bits per heavy atom. The second kappa shape index (κ2) is 6.17. The third kappa shape index (κ3) is 3.21. The number of aliphatic hydroxyl groups is 1. The van der Waals surface area contributed by atoms with E-state index in [0.29, 0.717) is 19.3 Å². The smallest absolute Gasteiger partial charge is 0.0900 e. The van der Waals surface area contributed by atoms with E-state index < -0.39 is 0 Å². The van der Waals surface area contributed by atoms with Crippen LogP contribution in [0.2, 0.25) is 0 Å². The molecule has 17 heavy (non-hydrogen) atoms. The van der Waals surface area contributed by atoms with Gasteiger partial charge in [0.15, 0.2) is 0 Å². The molecule has 0 aromatic heterocycles. The zero-order chi connectivity index (χ0) is 12.3. The first-order chi connectivity index (χ1) is 8.22. The molecule has 2 fully saturated rings. The van der Waals surface area contributed by atoms with Crippen molar-refractivity contribution in [1.82, 2.24) is 4.90 Å². The van der Waals surface area contributed by atoms with E-state index in [9.17, 15) is 5.11 Å². The molecule has 2 aliphatic rings. The summed E-state index contributed by atoms with van der Waals surface area (Å²) in [6.45, 7) is 6.26. The third-order valence-corrected chi connectivity index (χ3v) is 4.44. The van der Waals surface area contributed by atoms with Gasteiger partial charge >= 0.3 is 0 Å². The molecule has 4 atom stereocenters. The number of nitrogens with zero attached hydrogens (tertiary/aromatic N) is 1. The average molecular weight is 241 g/mol. The minimum Gasteiger partial charge on any atom is -0.389 e. The first-order valence-electron chi connectivity index (χ1n) is 7.24. The number of fused-ring (bicyclic) bond motifs is 1. The lowest BCUT2D eigenvalue weighted by molar-refractivity contribution is 0.00760. The van der Waals surface area contributed by atoms with Crippen LogP contribution < -0.4 is 0 Å². The van der Waals surface area contributed by atoms with Gasteiger partial charge in [-0.2, -0.15) is 0 Å². The Balaban J connectivity index is 1.86. The Morgan fingerprint density at radius 2 is 2.12 bits per heavy atom. The molecule has 2 rings (SSSR count). The maximum absolute atomic E-state index is 9.98. The topological polar surface area (TPSA) is 32.7 Å². The number of hydrogen-bond acceptors (Lipinski definition) is 3. The van der Waals surface area contributed by atoms with Gasteiger partial charge in [-0.25, -0.2) is 0 Å². The standard InChI is InChI=1S/C14H27NO2/c1-3-17-10-13(16)9-15-11(2)8-12-6-4-5-7-14(12)15/h11-14,16H,3-10H2,1-2H3/t11-,12-,13-,14-/m1/s1. The summed E-state index contributed by atoms with van der Waals surface area (Å²) in [5.41, 5.74) is 0. The quantitative estimate of drug-likeness (QED) is 0.799. The largest absolute Gasteiger partial charge is 0.389 e. The number of aliphatic hydroxyl groups excluding tert-OH is 1. The van der Waals surface area contributed by atoms with Crippen molar-refractivity contribution in [2.24, 2.45) is 5.92 Å². The molecule has 0 radical (unpaired) electrons. The summed E-state index contributed by atoms with van der Waals surface area (Å²) < 4.78 is 5.30. The van der Waals surface area contributed by atoms with Crippen LogP contribution in [-0.4, -0.2) is 48.0 Å². The molecule has 1 heterocycles.